The predicted octanol–water partition coefficient (Wildman–Crippen LogP) is 1.26. The number of hydrogen-bond donors (Lipinski definition) is 0. The summed E-state index contributed by atoms with van der Waals surface area (Å²) in [6.45, 7) is 0. The summed E-state index contributed by atoms with van der Waals surface area (Å²) in [7, 11) is 3.05. The van der Waals surface area contributed by atoms with E-state index in [1.165, 1.54) is 14.2 Å². The number of carbonyl (C=O) groups excluding carboxylic acids is 2. The second kappa shape index (κ2) is 4.45. The molecular formula is C12H12O5. The first-order valence-corrected chi connectivity index (χ1v) is 5.12. The second-order valence-corrected chi connectivity index (χ2v) is 3.66. The fourth-order valence-corrected chi connectivity index (χ4v) is 1.80. The molecule has 0 aliphatic carbocycles. The van der Waals surface area contributed by atoms with Crippen molar-refractivity contribution in [1.29, 1.82) is 0 Å². The summed E-state index contributed by atoms with van der Waals surface area (Å²) in [5.41, 5.74) is 0.693. The second-order valence-electron chi connectivity index (χ2n) is 3.66. The molecule has 1 aromatic carbocycles. The molecule has 1 atom stereocenters. The van der Waals surface area contributed by atoms with Crippen LogP contribution < -0.4 is 9.47 Å². The monoisotopic (exact) mass is 236 g/mol. The van der Waals surface area contributed by atoms with Gasteiger partial charge in [-0.3, -0.25) is 9.59 Å². The van der Waals surface area contributed by atoms with Crippen LogP contribution in [0.3, 0.4) is 0 Å². The van der Waals surface area contributed by atoms with Gasteiger partial charge in [-0.1, -0.05) is 6.07 Å². The van der Waals surface area contributed by atoms with Crippen LogP contribution in [-0.4, -0.2) is 26.2 Å². The molecule has 1 unspecified atom stereocenters. The van der Waals surface area contributed by atoms with E-state index in [2.05, 4.69) is 4.74 Å². The molecule has 1 heterocycles. The van der Waals surface area contributed by atoms with Crippen LogP contribution in [0.25, 0.3) is 0 Å². The van der Waals surface area contributed by atoms with Gasteiger partial charge in [-0.25, -0.2) is 0 Å². The van der Waals surface area contributed by atoms with Gasteiger partial charge in [0.25, 0.3) is 0 Å². The molecule has 0 aromatic heterocycles. The van der Waals surface area contributed by atoms with Gasteiger partial charge in [-0.05, 0) is 17.7 Å². The van der Waals surface area contributed by atoms with Crippen LogP contribution in [0.2, 0.25) is 0 Å². The Labute approximate surface area is 98.3 Å². The SMILES string of the molecule is COc1ccc(C2CC(=O)OC2=O)cc1OC. The van der Waals surface area contributed by atoms with E-state index in [0.717, 1.165) is 0 Å². The summed E-state index contributed by atoms with van der Waals surface area (Å²) in [4.78, 5) is 22.4. The summed E-state index contributed by atoms with van der Waals surface area (Å²) >= 11 is 0. The minimum absolute atomic E-state index is 0.0777. The first kappa shape index (κ1) is 11.4. The van der Waals surface area contributed by atoms with E-state index < -0.39 is 17.9 Å². The molecule has 0 amide bonds. The highest BCUT2D eigenvalue weighted by molar-refractivity contribution is 5.97. The molecule has 0 radical (unpaired) electrons. The number of methoxy groups -OCH3 is 2. The third-order valence-electron chi connectivity index (χ3n) is 2.68. The van der Waals surface area contributed by atoms with Gasteiger partial charge in [-0.2, -0.15) is 0 Å². The Bertz CT molecular complexity index is 466. The van der Waals surface area contributed by atoms with Crippen molar-refractivity contribution in [3.05, 3.63) is 23.8 Å². The number of rotatable bonds is 3. The highest BCUT2D eigenvalue weighted by Crippen LogP contribution is 2.34. The minimum Gasteiger partial charge on any atom is -0.493 e. The summed E-state index contributed by atoms with van der Waals surface area (Å²) < 4.78 is 14.7. The normalized spacial score (nSPS) is 19.1. The van der Waals surface area contributed by atoms with Crippen LogP contribution in [0.4, 0.5) is 0 Å². The summed E-state index contributed by atoms with van der Waals surface area (Å²) in [5, 5.41) is 0. The van der Waals surface area contributed by atoms with Crippen molar-refractivity contribution in [2.24, 2.45) is 0 Å². The lowest BCUT2D eigenvalue weighted by atomic mass is 9.97. The fourth-order valence-electron chi connectivity index (χ4n) is 1.80. The molecule has 1 aliphatic rings. The standard InChI is InChI=1S/C12H12O5/c1-15-9-4-3-7(5-10(9)16-2)8-6-11(13)17-12(8)14/h3-5,8H,6H2,1-2H3. The zero-order valence-electron chi connectivity index (χ0n) is 9.56. The Balaban J connectivity index is 2.33. The highest BCUT2D eigenvalue weighted by Gasteiger charge is 2.35. The van der Waals surface area contributed by atoms with Gasteiger partial charge in [0.2, 0.25) is 0 Å². The molecule has 1 fully saturated rings. The number of benzene rings is 1. The first-order chi connectivity index (χ1) is 8.15. The Morgan fingerprint density at radius 2 is 1.88 bits per heavy atom. The maximum absolute atomic E-state index is 11.4. The largest absolute Gasteiger partial charge is 0.493 e. The van der Waals surface area contributed by atoms with Gasteiger partial charge in [0.15, 0.2) is 11.5 Å². The summed E-state index contributed by atoms with van der Waals surface area (Å²) in [5.74, 6) is -0.439. The maximum atomic E-state index is 11.4. The van der Waals surface area contributed by atoms with Gasteiger partial charge in [0.05, 0.1) is 26.6 Å². The van der Waals surface area contributed by atoms with Crippen LogP contribution >= 0.6 is 0 Å². The average molecular weight is 236 g/mol. The molecule has 5 heteroatoms. The topological polar surface area (TPSA) is 61.8 Å². The van der Waals surface area contributed by atoms with Crippen LogP contribution in [0.5, 0.6) is 11.5 Å². The van der Waals surface area contributed by atoms with Gasteiger partial charge >= 0.3 is 11.9 Å². The van der Waals surface area contributed by atoms with Gasteiger partial charge in [-0.15, -0.1) is 0 Å². The maximum Gasteiger partial charge on any atom is 0.321 e. The predicted molar refractivity (Wildman–Crippen MR) is 58.0 cm³/mol. The highest BCUT2D eigenvalue weighted by atomic mass is 16.6. The Hall–Kier alpha value is -2.04. The number of hydrogen-bond acceptors (Lipinski definition) is 5. The molecule has 2 rings (SSSR count). The lowest BCUT2D eigenvalue weighted by molar-refractivity contribution is -0.152. The van der Waals surface area contributed by atoms with Crippen molar-refractivity contribution in [2.75, 3.05) is 14.2 Å². The van der Waals surface area contributed by atoms with Crippen LogP contribution in [0.1, 0.15) is 17.9 Å². The molecule has 1 aliphatic heterocycles. The summed E-state index contributed by atoms with van der Waals surface area (Å²) in [6, 6.07) is 5.11. The first-order valence-electron chi connectivity index (χ1n) is 5.12. The van der Waals surface area contributed by atoms with E-state index in [9.17, 15) is 9.59 Å². The van der Waals surface area contributed by atoms with E-state index in [1.54, 1.807) is 18.2 Å². The molecule has 1 saturated heterocycles. The van der Waals surface area contributed by atoms with E-state index in [0.29, 0.717) is 17.1 Å². The van der Waals surface area contributed by atoms with Crippen LogP contribution in [-0.2, 0) is 14.3 Å². The number of cyclic esters (lactones) is 2. The fraction of sp³-hybridized carbons (Fsp3) is 0.333. The molecule has 5 nitrogen and oxygen atoms in total. The molecule has 90 valence electrons. The summed E-state index contributed by atoms with van der Waals surface area (Å²) in [6.07, 6.45) is 0.0777. The van der Waals surface area contributed by atoms with E-state index >= 15 is 0 Å². The molecule has 17 heavy (non-hydrogen) atoms. The average Bonchev–Trinajstić information content (AvgIpc) is 2.67. The third-order valence-corrected chi connectivity index (χ3v) is 2.68. The van der Waals surface area contributed by atoms with Crippen molar-refractivity contribution in [3.8, 4) is 11.5 Å². The van der Waals surface area contributed by atoms with Crippen molar-refractivity contribution in [2.45, 2.75) is 12.3 Å². The van der Waals surface area contributed by atoms with E-state index in [-0.39, 0.29) is 6.42 Å². The zero-order chi connectivity index (χ0) is 12.4. The molecule has 1 aromatic rings. The smallest absolute Gasteiger partial charge is 0.321 e. The molecule has 0 saturated carbocycles. The van der Waals surface area contributed by atoms with Crippen molar-refractivity contribution in [1.82, 2.24) is 0 Å². The Morgan fingerprint density at radius 1 is 1.18 bits per heavy atom. The van der Waals surface area contributed by atoms with Crippen LogP contribution in [0, 0.1) is 0 Å². The Morgan fingerprint density at radius 3 is 2.41 bits per heavy atom. The Kier molecular flexibility index (Phi) is 2.99. The quantitative estimate of drug-likeness (QED) is 0.584. The molecule has 0 spiro atoms. The number of ether oxygens (including phenoxy) is 3. The van der Waals surface area contributed by atoms with Crippen molar-refractivity contribution >= 4 is 11.9 Å². The third kappa shape index (κ3) is 2.08. The van der Waals surface area contributed by atoms with E-state index in [1.807, 2.05) is 0 Å². The van der Waals surface area contributed by atoms with Gasteiger partial charge in [0.1, 0.15) is 0 Å². The number of esters is 2. The van der Waals surface area contributed by atoms with Crippen molar-refractivity contribution < 1.29 is 23.8 Å². The lowest BCUT2D eigenvalue weighted by Crippen LogP contribution is -2.06. The molecule has 0 bridgehead atoms. The van der Waals surface area contributed by atoms with Gasteiger partial charge in [0, 0.05) is 0 Å². The van der Waals surface area contributed by atoms with Gasteiger partial charge < -0.3 is 14.2 Å². The van der Waals surface area contributed by atoms with E-state index in [4.69, 9.17) is 9.47 Å². The molecular weight excluding hydrogens is 224 g/mol. The lowest BCUT2D eigenvalue weighted by Gasteiger charge is -2.11. The van der Waals surface area contributed by atoms with Crippen molar-refractivity contribution in [3.63, 3.8) is 0 Å². The number of carbonyl (C=O) groups is 2. The zero-order valence-corrected chi connectivity index (χ0v) is 9.56. The molecule has 0 N–H and O–H groups in total. The minimum atomic E-state index is -0.540. The van der Waals surface area contributed by atoms with Crippen LogP contribution in [0.15, 0.2) is 18.2 Å².